The van der Waals surface area contributed by atoms with Crippen molar-refractivity contribution < 1.29 is 57.8 Å². The third-order valence-electron chi connectivity index (χ3n) is 3.33. The standard InChI is InChI=1S/C15H13F11O2/c16-11(17,9-27-7-4-8-28-10-5-2-1-3-6-10)12(18,19)13(20,21)14(22,23)15(24,25)26/h1-3,5-6H,4,7-9H2. The van der Waals surface area contributed by atoms with Gasteiger partial charge in [0.1, 0.15) is 12.4 Å². The van der Waals surface area contributed by atoms with E-state index in [1.165, 1.54) is 12.1 Å². The van der Waals surface area contributed by atoms with E-state index in [0.29, 0.717) is 5.75 Å². The molecule has 0 heterocycles. The van der Waals surface area contributed by atoms with E-state index in [4.69, 9.17) is 4.74 Å². The predicted molar refractivity (Wildman–Crippen MR) is 73.2 cm³/mol. The van der Waals surface area contributed by atoms with Crippen LogP contribution in [0.15, 0.2) is 30.3 Å². The van der Waals surface area contributed by atoms with Gasteiger partial charge >= 0.3 is 29.9 Å². The molecular weight excluding hydrogens is 421 g/mol. The van der Waals surface area contributed by atoms with Gasteiger partial charge in [0, 0.05) is 6.42 Å². The highest BCUT2D eigenvalue weighted by molar-refractivity contribution is 5.20. The van der Waals surface area contributed by atoms with Crippen molar-refractivity contribution in [2.75, 3.05) is 19.8 Å². The minimum Gasteiger partial charge on any atom is -0.494 e. The molecule has 1 aromatic rings. The average Bonchev–Trinajstić information content (AvgIpc) is 2.57. The second kappa shape index (κ2) is 8.29. The number of halogens is 11. The van der Waals surface area contributed by atoms with Crippen LogP contribution in [0.2, 0.25) is 0 Å². The van der Waals surface area contributed by atoms with Crippen LogP contribution < -0.4 is 4.74 Å². The van der Waals surface area contributed by atoms with Crippen molar-refractivity contribution in [3.05, 3.63) is 30.3 Å². The molecule has 2 nitrogen and oxygen atoms in total. The summed E-state index contributed by atoms with van der Waals surface area (Å²) >= 11 is 0. The number of alkyl halides is 11. The summed E-state index contributed by atoms with van der Waals surface area (Å²) in [5.74, 6) is -27.5. The topological polar surface area (TPSA) is 18.5 Å². The highest BCUT2D eigenvalue weighted by Crippen LogP contribution is 2.57. The lowest BCUT2D eigenvalue weighted by Gasteiger charge is -2.37. The molecule has 0 saturated carbocycles. The van der Waals surface area contributed by atoms with E-state index < -0.39 is 43.1 Å². The Balaban J connectivity index is 2.64. The van der Waals surface area contributed by atoms with Crippen molar-refractivity contribution >= 4 is 0 Å². The Morgan fingerprint density at radius 1 is 0.643 bits per heavy atom. The number of rotatable bonds is 10. The molecule has 0 saturated heterocycles. The molecule has 0 amide bonds. The number of hydrogen-bond donors (Lipinski definition) is 0. The normalized spacial score (nSPS) is 14.2. The van der Waals surface area contributed by atoms with E-state index >= 15 is 0 Å². The average molecular weight is 434 g/mol. The molecule has 0 aliphatic carbocycles. The summed E-state index contributed by atoms with van der Waals surface area (Å²) in [7, 11) is 0. The zero-order valence-electron chi connectivity index (χ0n) is 13.7. The molecule has 162 valence electrons. The van der Waals surface area contributed by atoms with Gasteiger partial charge in [-0.2, -0.15) is 48.3 Å². The number of benzene rings is 1. The summed E-state index contributed by atoms with van der Waals surface area (Å²) in [5.41, 5.74) is 0. The van der Waals surface area contributed by atoms with E-state index in [9.17, 15) is 48.3 Å². The van der Waals surface area contributed by atoms with Crippen LogP contribution in [0.1, 0.15) is 6.42 Å². The van der Waals surface area contributed by atoms with Gasteiger partial charge < -0.3 is 9.47 Å². The van der Waals surface area contributed by atoms with Gasteiger partial charge in [-0.1, -0.05) is 18.2 Å². The van der Waals surface area contributed by atoms with Crippen LogP contribution in [0.5, 0.6) is 5.75 Å². The van der Waals surface area contributed by atoms with Crippen LogP contribution in [0, 0.1) is 0 Å². The maximum absolute atomic E-state index is 13.3. The quantitative estimate of drug-likeness (QED) is 0.354. The molecule has 28 heavy (non-hydrogen) atoms. The zero-order chi connectivity index (χ0) is 21.9. The third-order valence-corrected chi connectivity index (χ3v) is 3.33. The molecule has 0 aliphatic heterocycles. The Bertz CT molecular complexity index is 614. The Morgan fingerprint density at radius 2 is 1.18 bits per heavy atom. The fourth-order valence-electron chi connectivity index (χ4n) is 1.76. The molecule has 0 aromatic heterocycles. The fourth-order valence-corrected chi connectivity index (χ4v) is 1.76. The van der Waals surface area contributed by atoms with Crippen molar-refractivity contribution in [2.45, 2.75) is 36.3 Å². The number of ether oxygens (including phenoxy) is 2. The fraction of sp³-hybridized carbons (Fsp3) is 0.600. The van der Waals surface area contributed by atoms with Gasteiger partial charge in [0.2, 0.25) is 0 Å². The highest BCUT2D eigenvalue weighted by Gasteiger charge is 2.87. The summed E-state index contributed by atoms with van der Waals surface area (Å²) in [6.07, 6.45) is -7.36. The van der Waals surface area contributed by atoms with Gasteiger partial charge in [-0.3, -0.25) is 0 Å². The van der Waals surface area contributed by atoms with E-state index in [1.807, 2.05) is 0 Å². The molecule has 0 bridgehead atoms. The smallest absolute Gasteiger partial charge is 0.460 e. The van der Waals surface area contributed by atoms with Crippen LogP contribution in [-0.4, -0.2) is 49.7 Å². The summed E-state index contributed by atoms with van der Waals surface area (Å²) in [6.45, 7) is -3.40. The minimum atomic E-state index is -7.42. The van der Waals surface area contributed by atoms with E-state index in [1.54, 1.807) is 18.2 Å². The molecule has 0 aliphatic rings. The zero-order valence-corrected chi connectivity index (χ0v) is 13.7. The Morgan fingerprint density at radius 3 is 1.68 bits per heavy atom. The Kier molecular flexibility index (Phi) is 7.18. The first-order valence-electron chi connectivity index (χ1n) is 7.41. The second-order valence-electron chi connectivity index (χ2n) is 5.49. The highest BCUT2D eigenvalue weighted by atomic mass is 19.4. The first-order valence-corrected chi connectivity index (χ1v) is 7.41. The number of para-hydroxylation sites is 1. The summed E-state index contributed by atoms with van der Waals surface area (Å²) in [5, 5.41) is 0. The van der Waals surface area contributed by atoms with Crippen LogP contribution >= 0.6 is 0 Å². The van der Waals surface area contributed by atoms with Crippen LogP contribution in [0.4, 0.5) is 48.3 Å². The summed E-state index contributed by atoms with van der Waals surface area (Å²) in [6, 6.07) is 7.92. The first-order chi connectivity index (χ1) is 12.6. The maximum Gasteiger partial charge on any atom is 0.460 e. The predicted octanol–water partition coefficient (Wildman–Crippen LogP) is 5.58. The molecular formula is C15H13F11O2. The molecule has 0 fully saturated rings. The van der Waals surface area contributed by atoms with Crippen molar-refractivity contribution in [1.29, 1.82) is 0 Å². The second-order valence-corrected chi connectivity index (χ2v) is 5.49. The Hall–Kier alpha value is -1.79. The van der Waals surface area contributed by atoms with Crippen molar-refractivity contribution in [1.82, 2.24) is 0 Å². The van der Waals surface area contributed by atoms with E-state index in [2.05, 4.69) is 4.74 Å². The largest absolute Gasteiger partial charge is 0.494 e. The third kappa shape index (κ3) is 4.78. The molecule has 1 rings (SSSR count). The van der Waals surface area contributed by atoms with Gasteiger partial charge in [0.15, 0.2) is 0 Å². The lowest BCUT2D eigenvalue weighted by molar-refractivity contribution is -0.424. The SMILES string of the molecule is FC(F)(F)C(F)(F)C(F)(F)C(F)(F)C(F)(F)COCCCOc1ccccc1. The van der Waals surface area contributed by atoms with E-state index in [-0.39, 0.29) is 13.0 Å². The lowest BCUT2D eigenvalue weighted by atomic mass is 9.98. The minimum absolute atomic E-state index is 0.158. The summed E-state index contributed by atoms with van der Waals surface area (Å²) in [4.78, 5) is 0. The van der Waals surface area contributed by atoms with Crippen LogP contribution in [-0.2, 0) is 4.74 Å². The van der Waals surface area contributed by atoms with E-state index in [0.717, 1.165) is 0 Å². The molecule has 0 radical (unpaired) electrons. The molecule has 1 aromatic carbocycles. The van der Waals surface area contributed by atoms with Crippen molar-refractivity contribution in [2.24, 2.45) is 0 Å². The van der Waals surface area contributed by atoms with Crippen molar-refractivity contribution in [3.63, 3.8) is 0 Å². The van der Waals surface area contributed by atoms with Gasteiger partial charge in [0.05, 0.1) is 13.2 Å². The molecule has 0 N–H and O–H groups in total. The van der Waals surface area contributed by atoms with Gasteiger partial charge in [-0.25, -0.2) is 0 Å². The van der Waals surface area contributed by atoms with Crippen LogP contribution in [0.3, 0.4) is 0 Å². The maximum atomic E-state index is 13.3. The first kappa shape index (κ1) is 24.2. The summed E-state index contributed by atoms with van der Waals surface area (Å²) < 4.78 is 149. The van der Waals surface area contributed by atoms with Gasteiger partial charge in [-0.05, 0) is 12.1 Å². The van der Waals surface area contributed by atoms with Gasteiger partial charge in [-0.15, -0.1) is 0 Å². The molecule has 0 unspecified atom stereocenters. The van der Waals surface area contributed by atoms with Gasteiger partial charge in [0.25, 0.3) is 0 Å². The lowest BCUT2D eigenvalue weighted by Crippen LogP contribution is -2.67. The molecule has 0 spiro atoms. The molecule has 13 heteroatoms. The molecule has 0 atom stereocenters. The van der Waals surface area contributed by atoms with Crippen molar-refractivity contribution in [3.8, 4) is 5.75 Å². The van der Waals surface area contributed by atoms with Crippen LogP contribution in [0.25, 0.3) is 0 Å². The monoisotopic (exact) mass is 434 g/mol. The number of hydrogen-bond acceptors (Lipinski definition) is 2. The Labute approximate surface area is 151 Å².